The number of hydrogen-bond donors (Lipinski definition) is 1. The zero-order valence-electron chi connectivity index (χ0n) is 6.07. The van der Waals surface area contributed by atoms with Crippen molar-refractivity contribution in [2.75, 3.05) is 0 Å². The summed E-state index contributed by atoms with van der Waals surface area (Å²) in [4.78, 5) is -0.0411. The Balaban J connectivity index is 3.09. The van der Waals surface area contributed by atoms with Gasteiger partial charge in [0.25, 0.3) is 0 Å². The van der Waals surface area contributed by atoms with Gasteiger partial charge in [0.2, 0.25) is 0 Å². The zero-order valence-corrected chi connectivity index (χ0v) is 14.0. The first-order valence-corrected chi connectivity index (χ1v) is 19.3. The quantitative estimate of drug-likeness (QED) is 0.554. The van der Waals surface area contributed by atoms with E-state index < -0.39 is 32.3 Å². The average molecular weight is 438 g/mol. The SMILES string of the molecule is O=S(=O)(O)c1cc[c]([Hg][Br])cc1. The van der Waals surface area contributed by atoms with Gasteiger partial charge in [-0.25, -0.2) is 0 Å². The summed E-state index contributed by atoms with van der Waals surface area (Å²) < 4.78 is 31.0. The van der Waals surface area contributed by atoms with Gasteiger partial charge in [0.1, 0.15) is 0 Å². The molecule has 6 heteroatoms. The molecule has 1 aromatic rings. The summed E-state index contributed by atoms with van der Waals surface area (Å²) in [6, 6.07) is 6.32. The zero-order chi connectivity index (χ0) is 9.19. The van der Waals surface area contributed by atoms with E-state index in [-0.39, 0.29) is 4.90 Å². The van der Waals surface area contributed by atoms with Crippen LogP contribution in [0.5, 0.6) is 0 Å². The van der Waals surface area contributed by atoms with Gasteiger partial charge in [-0.15, -0.1) is 0 Å². The van der Waals surface area contributed by atoms with E-state index in [2.05, 4.69) is 11.9 Å². The molecule has 3 nitrogen and oxygen atoms in total. The Labute approximate surface area is 88.6 Å². The van der Waals surface area contributed by atoms with E-state index in [1.54, 1.807) is 12.1 Å². The monoisotopic (exact) mass is 438 g/mol. The number of halogens is 1. The molecule has 0 atom stereocenters. The van der Waals surface area contributed by atoms with Crippen molar-refractivity contribution in [3.05, 3.63) is 24.3 Å². The van der Waals surface area contributed by atoms with Gasteiger partial charge < -0.3 is 0 Å². The predicted octanol–water partition coefficient (Wildman–Crippen LogP) is 0.951. The van der Waals surface area contributed by atoms with Crippen LogP contribution in [0.1, 0.15) is 0 Å². The fourth-order valence-corrected chi connectivity index (χ4v) is 6.12. The van der Waals surface area contributed by atoms with Crippen LogP contribution < -0.4 is 3.07 Å². The standard InChI is InChI=1S/C6H5O3S.BrH.Hg/c7-10(8,9)6-4-2-1-3-5-6;;/h2-5H,(H,7,8,9);1H;/q;;+1/p-1. The molecule has 0 saturated carbocycles. The van der Waals surface area contributed by atoms with Crippen molar-refractivity contribution in [1.29, 1.82) is 0 Å². The minimum atomic E-state index is -4.02. The molecule has 0 aliphatic carbocycles. The summed E-state index contributed by atoms with van der Waals surface area (Å²) in [5.41, 5.74) is 0. The molecule has 0 unspecified atom stereocenters. The molecule has 0 radical (unpaired) electrons. The molecule has 12 heavy (non-hydrogen) atoms. The molecule has 0 bridgehead atoms. The Morgan fingerprint density at radius 1 is 1.25 bits per heavy atom. The van der Waals surface area contributed by atoms with Crippen molar-refractivity contribution in [3.63, 3.8) is 0 Å². The molecule has 0 aliphatic rings. The van der Waals surface area contributed by atoms with Crippen LogP contribution >= 0.6 is 11.9 Å². The minimum absolute atomic E-state index is 0.0411. The Kier molecular flexibility index (Phi) is 3.69. The molecule has 0 fully saturated rings. The number of benzene rings is 1. The molecule has 1 rings (SSSR count). The molecular weight excluding hydrogens is 433 g/mol. The van der Waals surface area contributed by atoms with E-state index in [1.165, 1.54) is 15.2 Å². The van der Waals surface area contributed by atoms with E-state index >= 15 is 0 Å². The second kappa shape index (κ2) is 4.17. The number of rotatable bonds is 2. The average Bonchev–Trinajstić information content (AvgIpc) is 2.03. The van der Waals surface area contributed by atoms with Gasteiger partial charge in [0, 0.05) is 0 Å². The second-order valence-electron chi connectivity index (χ2n) is 2.25. The van der Waals surface area contributed by atoms with Crippen LogP contribution in [-0.2, 0) is 32.3 Å². The van der Waals surface area contributed by atoms with Crippen molar-refractivity contribution in [2.24, 2.45) is 0 Å². The fourth-order valence-electron chi connectivity index (χ4n) is 0.751. The summed E-state index contributed by atoms with van der Waals surface area (Å²) in [6.07, 6.45) is 0. The fraction of sp³-hybridized carbons (Fsp3) is 0. The molecular formula is C6H5BrHgO3S. The van der Waals surface area contributed by atoms with Gasteiger partial charge in [-0.2, -0.15) is 0 Å². The van der Waals surface area contributed by atoms with Gasteiger partial charge in [-0.3, -0.25) is 0 Å². The molecule has 0 aromatic heterocycles. The Bertz CT molecular complexity index is 359. The molecule has 0 aliphatic heterocycles. The Morgan fingerprint density at radius 3 is 2.08 bits per heavy atom. The van der Waals surface area contributed by atoms with E-state index in [0.717, 1.165) is 0 Å². The van der Waals surface area contributed by atoms with Gasteiger partial charge in [0.15, 0.2) is 0 Å². The van der Waals surface area contributed by atoms with Crippen LogP contribution in [0.4, 0.5) is 0 Å². The van der Waals surface area contributed by atoms with Crippen LogP contribution in [0, 0.1) is 0 Å². The summed E-state index contributed by atoms with van der Waals surface area (Å²) in [5.74, 6) is 0. The van der Waals surface area contributed by atoms with Crippen molar-refractivity contribution in [3.8, 4) is 0 Å². The third-order valence-corrected chi connectivity index (χ3v) is 11.0. The first-order chi connectivity index (χ1) is 5.54. The van der Waals surface area contributed by atoms with Gasteiger partial charge in [-0.1, -0.05) is 0 Å². The van der Waals surface area contributed by atoms with E-state index in [1.807, 2.05) is 0 Å². The van der Waals surface area contributed by atoms with E-state index in [0.29, 0.717) is 0 Å². The molecule has 0 amide bonds. The molecule has 1 N–H and O–H groups in total. The third kappa shape index (κ3) is 2.79. The van der Waals surface area contributed by atoms with Crippen molar-refractivity contribution in [1.82, 2.24) is 0 Å². The van der Waals surface area contributed by atoms with Gasteiger partial charge >= 0.3 is 89.4 Å². The molecule has 0 heterocycles. The van der Waals surface area contributed by atoms with Crippen molar-refractivity contribution < 1.29 is 35.1 Å². The first kappa shape index (κ1) is 10.6. The third-order valence-electron chi connectivity index (χ3n) is 1.38. The maximum atomic E-state index is 10.6. The van der Waals surface area contributed by atoms with Crippen LogP contribution in [0.15, 0.2) is 29.2 Å². The second-order valence-corrected chi connectivity index (χ2v) is 12.8. The Morgan fingerprint density at radius 2 is 1.75 bits per heavy atom. The first-order valence-electron chi connectivity index (χ1n) is 3.16. The van der Waals surface area contributed by atoms with E-state index in [4.69, 9.17) is 4.55 Å². The molecule has 1 aromatic carbocycles. The molecule has 0 spiro atoms. The van der Waals surface area contributed by atoms with Crippen molar-refractivity contribution >= 4 is 25.1 Å². The van der Waals surface area contributed by atoms with Crippen LogP contribution in [0.2, 0.25) is 0 Å². The van der Waals surface area contributed by atoms with E-state index in [9.17, 15) is 8.42 Å². The van der Waals surface area contributed by atoms with Crippen LogP contribution in [0.25, 0.3) is 0 Å². The topological polar surface area (TPSA) is 54.4 Å². The predicted molar refractivity (Wildman–Crippen MR) is 44.8 cm³/mol. The van der Waals surface area contributed by atoms with Crippen LogP contribution in [0.3, 0.4) is 0 Å². The molecule has 0 saturated heterocycles. The normalized spacial score (nSPS) is 10.8. The van der Waals surface area contributed by atoms with Gasteiger partial charge in [-0.05, 0) is 0 Å². The van der Waals surface area contributed by atoms with Crippen molar-refractivity contribution in [2.45, 2.75) is 4.90 Å². The van der Waals surface area contributed by atoms with Crippen LogP contribution in [-0.4, -0.2) is 13.0 Å². The summed E-state index contributed by atoms with van der Waals surface area (Å²) in [5, 5.41) is 0. The summed E-state index contributed by atoms with van der Waals surface area (Å²) in [7, 11) is -4.02. The maximum absolute atomic E-state index is 10.6. The molecule has 62 valence electrons. The summed E-state index contributed by atoms with van der Waals surface area (Å²) >= 11 is 2.35. The summed E-state index contributed by atoms with van der Waals surface area (Å²) in [6.45, 7) is 0. The Hall–Kier alpha value is 0.545. The van der Waals surface area contributed by atoms with Gasteiger partial charge in [0.05, 0.1) is 0 Å². The number of hydrogen-bond acceptors (Lipinski definition) is 2.